The first-order valence-electron chi connectivity index (χ1n) is 11.9. The van der Waals surface area contributed by atoms with Gasteiger partial charge in [-0.2, -0.15) is 0 Å². The molecule has 5 rings (SSSR count). The summed E-state index contributed by atoms with van der Waals surface area (Å²) in [7, 11) is 0. The van der Waals surface area contributed by atoms with Crippen molar-refractivity contribution in [3.05, 3.63) is 71.2 Å². The Kier molecular flexibility index (Phi) is 6.59. The number of amides is 3. The molecule has 1 aliphatic heterocycles. The molecule has 2 fully saturated rings. The number of anilines is 2. The minimum Gasteiger partial charge on any atom is -0.368 e. The van der Waals surface area contributed by atoms with Gasteiger partial charge in [-0.05, 0) is 53.9 Å². The van der Waals surface area contributed by atoms with Crippen molar-refractivity contribution in [2.45, 2.75) is 12.8 Å². The molecule has 0 aromatic heterocycles. The number of piperazine rings is 1. The van der Waals surface area contributed by atoms with E-state index in [0.717, 1.165) is 29.3 Å². The molecule has 2 aliphatic rings. The lowest BCUT2D eigenvalue weighted by Crippen LogP contribution is -2.51. The molecule has 35 heavy (non-hydrogen) atoms. The predicted molar refractivity (Wildman–Crippen MR) is 138 cm³/mol. The molecule has 0 spiro atoms. The molecule has 180 valence electrons. The van der Waals surface area contributed by atoms with Crippen molar-refractivity contribution in [1.29, 1.82) is 0 Å². The standard InChI is InChI=1S/C27H27ClN4O3/c28-21-6-3-7-22(16-21)31-10-12-32(13-11-31)25(33)17-29-27(35)23-14-19-4-1-2-5-20(19)15-24(23)30-26(34)18-8-9-18/h1-7,14-16,18H,8-13,17H2,(H,29,35)(H,30,34). The summed E-state index contributed by atoms with van der Waals surface area (Å²) in [4.78, 5) is 42.2. The zero-order valence-electron chi connectivity index (χ0n) is 19.3. The van der Waals surface area contributed by atoms with Gasteiger partial charge in [-0.15, -0.1) is 0 Å². The van der Waals surface area contributed by atoms with Crippen LogP contribution < -0.4 is 15.5 Å². The molecular formula is C27H27ClN4O3. The fraction of sp³-hybridized carbons (Fsp3) is 0.296. The third kappa shape index (κ3) is 5.41. The summed E-state index contributed by atoms with van der Waals surface area (Å²) in [6.07, 6.45) is 1.75. The van der Waals surface area contributed by atoms with E-state index in [9.17, 15) is 14.4 Å². The van der Waals surface area contributed by atoms with Gasteiger partial charge >= 0.3 is 0 Å². The van der Waals surface area contributed by atoms with Crippen LogP contribution in [-0.4, -0.2) is 55.3 Å². The third-order valence-electron chi connectivity index (χ3n) is 6.54. The van der Waals surface area contributed by atoms with Crippen LogP contribution in [0.1, 0.15) is 23.2 Å². The van der Waals surface area contributed by atoms with Crippen molar-refractivity contribution in [1.82, 2.24) is 10.2 Å². The highest BCUT2D eigenvalue weighted by Gasteiger charge is 2.30. The molecule has 7 nitrogen and oxygen atoms in total. The van der Waals surface area contributed by atoms with Gasteiger partial charge in [-0.1, -0.05) is 41.9 Å². The Hall–Kier alpha value is -3.58. The molecule has 0 bridgehead atoms. The number of nitrogens with one attached hydrogen (secondary N) is 2. The van der Waals surface area contributed by atoms with Crippen LogP contribution in [0.3, 0.4) is 0 Å². The summed E-state index contributed by atoms with van der Waals surface area (Å²) in [5.41, 5.74) is 1.87. The van der Waals surface area contributed by atoms with E-state index in [2.05, 4.69) is 15.5 Å². The largest absolute Gasteiger partial charge is 0.368 e. The number of carbonyl (C=O) groups is 3. The van der Waals surface area contributed by atoms with Crippen molar-refractivity contribution >= 4 is 51.5 Å². The smallest absolute Gasteiger partial charge is 0.253 e. The van der Waals surface area contributed by atoms with E-state index in [4.69, 9.17) is 11.6 Å². The van der Waals surface area contributed by atoms with Crippen molar-refractivity contribution in [3.63, 3.8) is 0 Å². The highest BCUT2D eigenvalue weighted by Crippen LogP contribution is 2.32. The maximum atomic E-state index is 13.1. The molecule has 1 saturated carbocycles. The fourth-order valence-corrected chi connectivity index (χ4v) is 4.55. The summed E-state index contributed by atoms with van der Waals surface area (Å²) in [5.74, 6) is -0.561. The Bertz CT molecular complexity index is 1280. The van der Waals surface area contributed by atoms with Gasteiger partial charge in [0.25, 0.3) is 5.91 Å². The summed E-state index contributed by atoms with van der Waals surface area (Å²) < 4.78 is 0. The molecule has 3 amide bonds. The quantitative estimate of drug-likeness (QED) is 0.548. The Morgan fingerprint density at radius 2 is 1.60 bits per heavy atom. The second-order valence-electron chi connectivity index (χ2n) is 9.04. The minimum absolute atomic E-state index is 0.0181. The summed E-state index contributed by atoms with van der Waals surface area (Å²) >= 11 is 6.10. The Morgan fingerprint density at radius 1 is 0.886 bits per heavy atom. The van der Waals surface area contributed by atoms with E-state index in [-0.39, 0.29) is 30.2 Å². The maximum absolute atomic E-state index is 13.1. The fourth-order valence-electron chi connectivity index (χ4n) is 4.36. The van der Waals surface area contributed by atoms with Gasteiger partial charge in [-0.3, -0.25) is 14.4 Å². The molecule has 3 aromatic carbocycles. The lowest BCUT2D eigenvalue weighted by molar-refractivity contribution is -0.130. The van der Waals surface area contributed by atoms with Gasteiger partial charge in [0.15, 0.2) is 0 Å². The van der Waals surface area contributed by atoms with Crippen LogP contribution in [0.2, 0.25) is 5.02 Å². The summed E-state index contributed by atoms with van der Waals surface area (Å²) in [5, 5.41) is 8.18. The van der Waals surface area contributed by atoms with Crippen LogP contribution in [0.5, 0.6) is 0 Å². The first-order chi connectivity index (χ1) is 17.0. The number of hydrogen-bond acceptors (Lipinski definition) is 4. The van der Waals surface area contributed by atoms with Crippen LogP contribution in [0.4, 0.5) is 11.4 Å². The van der Waals surface area contributed by atoms with Crippen LogP contribution in [0.25, 0.3) is 10.8 Å². The van der Waals surface area contributed by atoms with Gasteiger partial charge in [-0.25, -0.2) is 0 Å². The van der Waals surface area contributed by atoms with Gasteiger partial charge in [0, 0.05) is 42.8 Å². The second kappa shape index (κ2) is 9.96. The number of halogens is 1. The van der Waals surface area contributed by atoms with E-state index in [1.807, 2.05) is 54.6 Å². The predicted octanol–water partition coefficient (Wildman–Crippen LogP) is 3.92. The molecule has 0 atom stereocenters. The molecular weight excluding hydrogens is 464 g/mol. The van der Waals surface area contributed by atoms with E-state index in [1.54, 1.807) is 11.0 Å². The maximum Gasteiger partial charge on any atom is 0.253 e. The number of benzene rings is 3. The van der Waals surface area contributed by atoms with Gasteiger partial charge in [0.1, 0.15) is 0 Å². The molecule has 8 heteroatoms. The van der Waals surface area contributed by atoms with Crippen LogP contribution in [-0.2, 0) is 9.59 Å². The monoisotopic (exact) mass is 490 g/mol. The van der Waals surface area contributed by atoms with E-state index in [1.165, 1.54) is 0 Å². The average Bonchev–Trinajstić information content (AvgIpc) is 3.72. The van der Waals surface area contributed by atoms with Gasteiger partial charge in [0.05, 0.1) is 17.8 Å². The highest BCUT2D eigenvalue weighted by atomic mass is 35.5. The zero-order chi connectivity index (χ0) is 24.4. The van der Waals surface area contributed by atoms with Crippen molar-refractivity contribution in [3.8, 4) is 0 Å². The van der Waals surface area contributed by atoms with Crippen LogP contribution in [0.15, 0.2) is 60.7 Å². The normalized spacial score (nSPS) is 15.7. The number of carbonyl (C=O) groups excluding carboxylic acids is 3. The van der Waals surface area contributed by atoms with Crippen molar-refractivity contribution in [2.24, 2.45) is 5.92 Å². The first kappa shape index (κ1) is 23.2. The Labute approximate surface area is 209 Å². The Morgan fingerprint density at radius 3 is 2.29 bits per heavy atom. The van der Waals surface area contributed by atoms with Gasteiger partial charge < -0.3 is 20.4 Å². The lowest BCUT2D eigenvalue weighted by Gasteiger charge is -2.36. The average molecular weight is 491 g/mol. The number of hydrogen-bond donors (Lipinski definition) is 2. The molecule has 1 heterocycles. The number of fused-ring (bicyclic) bond motifs is 1. The molecule has 1 saturated heterocycles. The van der Waals surface area contributed by atoms with E-state index >= 15 is 0 Å². The van der Waals surface area contributed by atoms with Crippen molar-refractivity contribution in [2.75, 3.05) is 42.9 Å². The molecule has 2 N–H and O–H groups in total. The lowest BCUT2D eigenvalue weighted by atomic mass is 10.0. The zero-order valence-corrected chi connectivity index (χ0v) is 20.1. The third-order valence-corrected chi connectivity index (χ3v) is 6.78. The molecule has 0 unspecified atom stereocenters. The second-order valence-corrected chi connectivity index (χ2v) is 9.48. The van der Waals surface area contributed by atoms with E-state index in [0.29, 0.717) is 42.5 Å². The molecule has 1 aliphatic carbocycles. The summed E-state index contributed by atoms with van der Waals surface area (Å²) in [6, 6.07) is 18.9. The topological polar surface area (TPSA) is 81.8 Å². The minimum atomic E-state index is -0.382. The number of nitrogens with zero attached hydrogens (tertiary/aromatic N) is 2. The molecule has 0 radical (unpaired) electrons. The SMILES string of the molecule is O=C(NCC(=O)N1CCN(c2cccc(Cl)c2)CC1)c1cc2ccccc2cc1NC(=O)C1CC1. The van der Waals surface area contributed by atoms with Crippen LogP contribution >= 0.6 is 11.6 Å². The highest BCUT2D eigenvalue weighted by molar-refractivity contribution is 6.30. The van der Waals surface area contributed by atoms with Gasteiger partial charge in [0.2, 0.25) is 11.8 Å². The first-order valence-corrected chi connectivity index (χ1v) is 12.3. The van der Waals surface area contributed by atoms with Crippen LogP contribution in [0, 0.1) is 5.92 Å². The van der Waals surface area contributed by atoms with Crippen molar-refractivity contribution < 1.29 is 14.4 Å². The van der Waals surface area contributed by atoms with E-state index < -0.39 is 0 Å². The summed E-state index contributed by atoms with van der Waals surface area (Å²) in [6.45, 7) is 2.43. The molecule has 3 aromatic rings. The Balaban J connectivity index is 1.22. The number of rotatable bonds is 6.